The Balaban J connectivity index is 1.40. The number of aromatic nitrogens is 2. The lowest BCUT2D eigenvalue weighted by Gasteiger charge is -2.23. The first-order valence-electron chi connectivity index (χ1n) is 9.92. The molecule has 0 aliphatic carbocycles. The van der Waals surface area contributed by atoms with Gasteiger partial charge in [-0.2, -0.15) is 15.5 Å². The average molecular weight is 454 g/mol. The summed E-state index contributed by atoms with van der Waals surface area (Å²) in [6.07, 6.45) is 4.55. The molecule has 4 rings (SSSR count). The molecule has 2 heterocycles. The highest BCUT2D eigenvalue weighted by Crippen LogP contribution is 2.31. The number of carbonyl (C=O) groups is 1. The van der Waals surface area contributed by atoms with Gasteiger partial charge < -0.3 is 0 Å². The van der Waals surface area contributed by atoms with Gasteiger partial charge >= 0.3 is 0 Å². The fourth-order valence-electron chi connectivity index (χ4n) is 3.73. The number of hydrogen-bond acceptors (Lipinski definition) is 4. The van der Waals surface area contributed by atoms with Gasteiger partial charge in [0.2, 0.25) is 0 Å². The number of rotatable bonds is 6. The lowest BCUT2D eigenvalue weighted by Crippen LogP contribution is -2.28. The zero-order valence-corrected chi connectivity index (χ0v) is 17.7. The van der Waals surface area contributed by atoms with Gasteiger partial charge in [0.1, 0.15) is 17.7 Å². The van der Waals surface area contributed by atoms with Crippen LogP contribution in [0, 0.1) is 23.0 Å². The molecule has 32 heavy (non-hydrogen) atoms. The molecule has 9 heteroatoms. The number of benzene rings is 2. The number of nitrogens with zero attached hydrogens (tertiary/aromatic N) is 5. The number of hydrogen-bond donors (Lipinski definition) is 0. The van der Waals surface area contributed by atoms with E-state index in [4.69, 9.17) is 16.9 Å². The van der Waals surface area contributed by atoms with Gasteiger partial charge in [-0.25, -0.2) is 13.8 Å². The van der Waals surface area contributed by atoms with E-state index in [0.717, 1.165) is 17.0 Å². The summed E-state index contributed by atoms with van der Waals surface area (Å²) in [6.45, 7) is 4.39. The molecule has 6 nitrogen and oxygen atoms in total. The highest BCUT2D eigenvalue weighted by molar-refractivity contribution is 6.32. The average Bonchev–Trinajstić information content (AvgIpc) is 3.39. The molecule has 1 aliphatic heterocycles. The molecule has 2 aromatic carbocycles. The van der Waals surface area contributed by atoms with Crippen molar-refractivity contribution in [1.82, 2.24) is 14.8 Å². The standard InChI is InChI=1S/C23H18ClF2N5O/c1-14(3-2-6-30-22-11-20(24)16(12-27)7-17(22)13-29-30)23(32)31-21(4-5-28-31)15-8-18(25)10-19(26)9-15/h5,7-11,13,21H,1-4,6H2. The molecule has 0 spiro atoms. The van der Waals surface area contributed by atoms with Crippen molar-refractivity contribution in [3.8, 4) is 6.07 Å². The highest BCUT2D eigenvalue weighted by Gasteiger charge is 2.30. The van der Waals surface area contributed by atoms with Gasteiger partial charge in [-0.3, -0.25) is 9.48 Å². The second-order valence-electron chi connectivity index (χ2n) is 7.48. The number of nitriles is 1. The van der Waals surface area contributed by atoms with Gasteiger partial charge in [0, 0.05) is 36.2 Å². The minimum Gasteiger partial charge on any atom is -0.268 e. The van der Waals surface area contributed by atoms with Crippen molar-refractivity contribution in [2.75, 3.05) is 0 Å². The fraction of sp³-hybridized carbons (Fsp3) is 0.217. The van der Waals surface area contributed by atoms with E-state index in [0.29, 0.717) is 47.5 Å². The Kier molecular flexibility index (Phi) is 6.01. The van der Waals surface area contributed by atoms with E-state index in [-0.39, 0.29) is 5.91 Å². The van der Waals surface area contributed by atoms with Crippen LogP contribution in [0.1, 0.15) is 36.4 Å². The molecule has 162 valence electrons. The van der Waals surface area contributed by atoms with Crippen molar-refractivity contribution in [2.45, 2.75) is 31.8 Å². The van der Waals surface area contributed by atoms with Crippen molar-refractivity contribution in [1.29, 1.82) is 5.26 Å². The van der Waals surface area contributed by atoms with Crippen molar-refractivity contribution < 1.29 is 13.6 Å². The second-order valence-corrected chi connectivity index (χ2v) is 7.89. The van der Waals surface area contributed by atoms with Gasteiger partial charge in [-0.05, 0) is 42.7 Å². The largest absolute Gasteiger partial charge is 0.269 e. The molecule has 1 amide bonds. The predicted molar refractivity (Wildman–Crippen MR) is 117 cm³/mol. The number of carbonyl (C=O) groups excluding carboxylic acids is 1. The minimum atomic E-state index is -0.702. The molecule has 0 saturated carbocycles. The first-order valence-corrected chi connectivity index (χ1v) is 10.3. The fourth-order valence-corrected chi connectivity index (χ4v) is 3.93. The quantitative estimate of drug-likeness (QED) is 0.485. The molecule has 0 N–H and O–H groups in total. The van der Waals surface area contributed by atoms with Crippen LogP contribution in [0.4, 0.5) is 8.78 Å². The maximum atomic E-state index is 13.6. The van der Waals surface area contributed by atoms with Crippen LogP contribution in [0.15, 0.2) is 53.8 Å². The van der Waals surface area contributed by atoms with E-state index >= 15 is 0 Å². The predicted octanol–water partition coefficient (Wildman–Crippen LogP) is 5.14. The second kappa shape index (κ2) is 8.89. The first kappa shape index (κ1) is 21.7. The molecule has 1 atom stereocenters. The zero-order chi connectivity index (χ0) is 22.8. The summed E-state index contributed by atoms with van der Waals surface area (Å²) >= 11 is 6.13. The van der Waals surface area contributed by atoms with Gasteiger partial charge in [-0.15, -0.1) is 0 Å². The third-order valence-corrected chi connectivity index (χ3v) is 5.62. The smallest absolute Gasteiger partial charge is 0.268 e. The first-order chi connectivity index (χ1) is 15.4. The number of aryl methyl sites for hydroxylation is 1. The number of halogens is 3. The highest BCUT2D eigenvalue weighted by atomic mass is 35.5. The van der Waals surface area contributed by atoms with Gasteiger partial charge in [0.05, 0.1) is 28.3 Å². The third-order valence-electron chi connectivity index (χ3n) is 5.31. The van der Waals surface area contributed by atoms with Crippen molar-refractivity contribution in [3.05, 3.63) is 76.5 Å². The summed E-state index contributed by atoms with van der Waals surface area (Å²) in [5.74, 6) is -1.79. The zero-order valence-electron chi connectivity index (χ0n) is 16.9. The maximum absolute atomic E-state index is 13.6. The summed E-state index contributed by atoms with van der Waals surface area (Å²) < 4.78 is 29.0. The Bertz CT molecular complexity index is 1270. The molecule has 0 fully saturated rings. The summed E-state index contributed by atoms with van der Waals surface area (Å²) in [5.41, 5.74) is 1.87. The SMILES string of the molecule is C=C(CCCn1ncc2cc(C#N)c(Cl)cc21)C(=O)N1N=CCC1c1cc(F)cc(F)c1. The van der Waals surface area contributed by atoms with E-state index in [1.165, 1.54) is 17.1 Å². The normalized spacial score (nSPS) is 15.3. The van der Waals surface area contributed by atoms with Gasteiger partial charge in [0.15, 0.2) is 0 Å². The molecule has 0 bridgehead atoms. The van der Waals surface area contributed by atoms with E-state index in [9.17, 15) is 13.6 Å². The number of amides is 1. The number of fused-ring (bicyclic) bond motifs is 1. The molecule has 1 aliphatic rings. The van der Waals surface area contributed by atoms with Crippen LogP contribution < -0.4 is 0 Å². The van der Waals surface area contributed by atoms with Crippen LogP contribution >= 0.6 is 11.6 Å². The van der Waals surface area contributed by atoms with Crippen LogP contribution in [0.5, 0.6) is 0 Å². The van der Waals surface area contributed by atoms with E-state index < -0.39 is 17.7 Å². The molecule has 1 unspecified atom stereocenters. The summed E-state index contributed by atoms with van der Waals surface area (Å²) in [6, 6.07) is 8.05. The van der Waals surface area contributed by atoms with Crippen molar-refractivity contribution in [2.24, 2.45) is 5.10 Å². The minimum absolute atomic E-state index is 0.340. The molecular formula is C23H18ClF2N5O. The summed E-state index contributed by atoms with van der Waals surface area (Å²) in [4.78, 5) is 12.9. The molecule has 0 saturated heterocycles. The van der Waals surface area contributed by atoms with E-state index in [1.807, 2.05) is 6.07 Å². The molecular weight excluding hydrogens is 436 g/mol. The Hall–Kier alpha value is -3.57. The Labute approximate surface area is 188 Å². The topological polar surface area (TPSA) is 74.3 Å². The van der Waals surface area contributed by atoms with Crippen LogP contribution in [0.2, 0.25) is 5.02 Å². The summed E-state index contributed by atoms with van der Waals surface area (Å²) in [7, 11) is 0. The maximum Gasteiger partial charge on any atom is 0.269 e. The van der Waals surface area contributed by atoms with Crippen LogP contribution in [0.3, 0.4) is 0 Å². The van der Waals surface area contributed by atoms with Crippen LogP contribution in [-0.2, 0) is 11.3 Å². The lowest BCUT2D eigenvalue weighted by molar-refractivity contribution is -0.129. The van der Waals surface area contributed by atoms with Gasteiger partial charge in [-0.1, -0.05) is 18.2 Å². The third kappa shape index (κ3) is 4.25. The molecule has 1 aromatic heterocycles. The van der Waals surface area contributed by atoms with Crippen molar-refractivity contribution >= 4 is 34.6 Å². The molecule has 0 radical (unpaired) electrons. The summed E-state index contributed by atoms with van der Waals surface area (Å²) in [5, 5.41) is 19.9. The number of hydrazone groups is 1. The lowest BCUT2D eigenvalue weighted by atomic mass is 10.0. The monoisotopic (exact) mass is 453 g/mol. The van der Waals surface area contributed by atoms with Crippen LogP contribution in [-0.4, -0.2) is 26.9 Å². The van der Waals surface area contributed by atoms with E-state index in [2.05, 4.69) is 16.8 Å². The van der Waals surface area contributed by atoms with E-state index in [1.54, 1.807) is 29.2 Å². The van der Waals surface area contributed by atoms with Gasteiger partial charge in [0.25, 0.3) is 5.91 Å². The Morgan fingerprint density at radius 1 is 1.25 bits per heavy atom. The Morgan fingerprint density at radius 2 is 2.00 bits per heavy atom. The van der Waals surface area contributed by atoms with Crippen LogP contribution in [0.25, 0.3) is 10.9 Å². The van der Waals surface area contributed by atoms with Crippen molar-refractivity contribution in [3.63, 3.8) is 0 Å². The molecule has 3 aromatic rings. The Morgan fingerprint density at radius 3 is 2.72 bits per heavy atom.